The summed E-state index contributed by atoms with van der Waals surface area (Å²) in [6, 6.07) is 5.91. The third kappa shape index (κ3) is 1.95. The van der Waals surface area contributed by atoms with Crippen molar-refractivity contribution in [1.29, 1.82) is 5.26 Å². The lowest BCUT2D eigenvalue weighted by molar-refractivity contribution is -0.0566. The molecule has 0 radical (unpaired) electrons. The van der Waals surface area contributed by atoms with E-state index >= 15 is 0 Å². The van der Waals surface area contributed by atoms with Gasteiger partial charge in [-0.3, -0.25) is 4.79 Å². The van der Waals surface area contributed by atoms with Crippen LogP contribution in [0.2, 0.25) is 0 Å². The Labute approximate surface area is 104 Å². The molecule has 1 aliphatic heterocycles. The number of benzene rings is 1. The molecule has 0 atom stereocenters. The quantitative estimate of drug-likeness (QED) is 0.765. The first-order chi connectivity index (χ1) is 8.63. The normalized spacial score (nSPS) is 16.5. The molecule has 1 aliphatic rings. The van der Waals surface area contributed by atoms with Gasteiger partial charge in [0.05, 0.1) is 25.9 Å². The summed E-state index contributed by atoms with van der Waals surface area (Å²) in [5.74, 6) is -0.904. The van der Waals surface area contributed by atoms with Crippen LogP contribution in [0.15, 0.2) is 18.2 Å². The van der Waals surface area contributed by atoms with E-state index in [0.717, 1.165) is 6.07 Å². The van der Waals surface area contributed by atoms with Gasteiger partial charge in [-0.1, -0.05) is 0 Å². The van der Waals surface area contributed by atoms with E-state index in [-0.39, 0.29) is 24.5 Å². The van der Waals surface area contributed by atoms with Crippen LogP contribution >= 0.6 is 0 Å². The zero-order valence-electron chi connectivity index (χ0n) is 9.90. The fourth-order valence-electron chi connectivity index (χ4n) is 1.74. The van der Waals surface area contributed by atoms with E-state index in [4.69, 9.17) is 14.7 Å². The molecule has 0 spiro atoms. The van der Waals surface area contributed by atoms with Gasteiger partial charge in [-0.15, -0.1) is 0 Å². The van der Waals surface area contributed by atoms with Crippen molar-refractivity contribution in [1.82, 2.24) is 0 Å². The van der Waals surface area contributed by atoms with Crippen molar-refractivity contribution in [2.24, 2.45) is 5.41 Å². The van der Waals surface area contributed by atoms with Crippen LogP contribution in [0.25, 0.3) is 0 Å². The molecule has 94 valence electrons. The Morgan fingerprint density at radius 2 is 2.33 bits per heavy atom. The number of nitrogens with zero attached hydrogens (tertiary/aromatic N) is 1. The summed E-state index contributed by atoms with van der Waals surface area (Å²) < 4.78 is 23.6. The maximum atomic E-state index is 13.6. The van der Waals surface area contributed by atoms with Gasteiger partial charge in [-0.05, 0) is 25.1 Å². The molecule has 0 amide bonds. The summed E-state index contributed by atoms with van der Waals surface area (Å²) in [7, 11) is 0. The van der Waals surface area contributed by atoms with E-state index in [1.165, 1.54) is 12.1 Å². The van der Waals surface area contributed by atoms with Crippen molar-refractivity contribution in [3.8, 4) is 11.8 Å². The maximum absolute atomic E-state index is 13.6. The molecule has 0 N–H and O–H groups in total. The van der Waals surface area contributed by atoms with Gasteiger partial charge in [0.25, 0.3) is 0 Å². The largest absolute Gasteiger partial charge is 0.491 e. The molecule has 0 aliphatic carbocycles. The van der Waals surface area contributed by atoms with E-state index in [1.807, 2.05) is 6.07 Å². The van der Waals surface area contributed by atoms with Crippen LogP contribution in [-0.2, 0) is 4.74 Å². The molecule has 1 fully saturated rings. The summed E-state index contributed by atoms with van der Waals surface area (Å²) in [6.45, 7) is 2.23. The average molecular weight is 249 g/mol. The Morgan fingerprint density at radius 1 is 1.61 bits per heavy atom. The molecule has 0 bridgehead atoms. The van der Waals surface area contributed by atoms with Crippen molar-refractivity contribution in [2.45, 2.75) is 6.92 Å². The lowest BCUT2D eigenvalue weighted by atomic mass is 9.80. The van der Waals surface area contributed by atoms with E-state index in [2.05, 4.69) is 0 Å². The molecule has 0 aromatic heterocycles. The highest BCUT2D eigenvalue weighted by molar-refractivity contribution is 6.03. The van der Waals surface area contributed by atoms with Gasteiger partial charge >= 0.3 is 0 Å². The average Bonchev–Trinajstić information content (AvgIpc) is 2.31. The minimum Gasteiger partial charge on any atom is -0.491 e. The summed E-state index contributed by atoms with van der Waals surface area (Å²) in [5, 5.41) is 9.01. The number of hydrogen-bond acceptors (Lipinski definition) is 4. The van der Waals surface area contributed by atoms with Crippen LogP contribution in [0.1, 0.15) is 17.3 Å². The van der Waals surface area contributed by atoms with E-state index in [9.17, 15) is 9.18 Å². The van der Waals surface area contributed by atoms with Crippen molar-refractivity contribution < 1.29 is 18.7 Å². The highest BCUT2D eigenvalue weighted by Gasteiger charge is 2.46. The van der Waals surface area contributed by atoms with Crippen LogP contribution in [-0.4, -0.2) is 25.6 Å². The SMILES string of the molecule is CCOc1ccc(C(=O)C2(C#N)COC2)cc1F. The van der Waals surface area contributed by atoms with Crippen molar-refractivity contribution >= 4 is 5.78 Å². The van der Waals surface area contributed by atoms with Crippen LogP contribution in [0, 0.1) is 22.6 Å². The molecule has 1 saturated heterocycles. The lowest BCUT2D eigenvalue weighted by Crippen LogP contribution is -2.47. The minimum absolute atomic E-state index is 0.0666. The summed E-state index contributed by atoms with van der Waals surface area (Å²) in [6.07, 6.45) is 0. The number of nitriles is 1. The molecule has 1 aromatic carbocycles. The van der Waals surface area contributed by atoms with Gasteiger partial charge in [0, 0.05) is 5.56 Å². The second-order valence-corrected chi connectivity index (χ2v) is 4.09. The number of carbonyl (C=O) groups is 1. The lowest BCUT2D eigenvalue weighted by Gasteiger charge is -2.33. The second-order valence-electron chi connectivity index (χ2n) is 4.09. The van der Waals surface area contributed by atoms with E-state index in [1.54, 1.807) is 6.92 Å². The van der Waals surface area contributed by atoms with Crippen molar-refractivity contribution in [2.75, 3.05) is 19.8 Å². The molecule has 0 saturated carbocycles. The zero-order chi connectivity index (χ0) is 13.2. The van der Waals surface area contributed by atoms with Gasteiger partial charge in [-0.2, -0.15) is 5.26 Å². The topological polar surface area (TPSA) is 59.3 Å². The number of halogens is 1. The molecular weight excluding hydrogens is 237 g/mol. The summed E-state index contributed by atoms with van der Waals surface area (Å²) in [5.41, 5.74) is -0.986. The number of rotatable bonds is 4. The molecule has 0 unspecified atom stereocenters. The highest BCUT2D eigenvalue weighted by atomic mass is 19.1. The minimum atomic E-state index is -1.15. The first kappa shape index (κ1) is 12.5. The molecule has 5 heteroatoms. The van der Waals surface area contributed by atoms with Crippen LogP contribution in [0.5, 0.6) is 5.75 Å². The third-order valence-electron chi connectivity index (χ3n) is 2.84. The third-order valence-corrected chi connectivity index (χ3v) is 2.84. The van der Waals surface area contributed by atoms with Gasteiger partial charge in [0.2, 0.25) is 0 Å². The Kier molecular flexibility index (Phi) is 3.30. The van der Waals surface area contributed by atoms with Crippen LogP contribution in [0.3, 0.4) is 0 Å². The first-order valence-electron chi connectivity index (χ1n) is 5.59. The maximum Gasteiger partial charge on any atom is 0.187 e. The Balaban J connectivity index is 2.27. The monoisotopic (exact) mass is 249 g/mol. The zero-order valence-corrected chi connectivity index (χ0v) is 9.90. The highest BCUT2D eigenvalue weighted by Crippen LogP contribution is 2.32. The fourth-order valence-corrected chi connectivity index (χ4v) is 1.74. The standard InChI is InChI=1S/C13H12FNO3/c1-2-18-11-4-3-9(5-10(11)14)12(16)13(6-15)7-17-8-13/h3-5H,2,7-8H2,1H3. The van der Waals surface area contributed by atoms with Crippen molar-refractivity contribution in [3.05, 3.63) is 29.6 Å². The molecule has 2 rings (SSSR count). The van der Waals surface area contributed by atoms with Gasteiger partial charge in [0.1, 0.15) is 0 Å². The first-order valence-corrected chi connectivity index (χ1v) is 5.59. The Bertz CT molecular complexity index is 517. The van der Waals surface area contributed by atoms with Gasteiger partial charge < -0.3 is 9.47 Å². The molecule has 1 heterocycles. The van der Waals surface area contributed by atoms with Gasteiger partial charge in [-0.25, -0.2) is 4.39 Å². The number of Topliss-reactive ketones (excluding diaryl/α,β-unsaturated/α-hetero) is 1. The summed E-state index contributed by atoms with van der Waals surface area (Å²) >= 11 is 0. The molecule has 1 aromatic rings. The Morgan fingerprint density at radius 3 is 2.78 bits per heavy atom. The van der Waals surface area contributed by atoms with Crippen LogP contribution < -0.4 is 4.74 Å². The fraction of sp³-hybridized carbons (Fsp3) is 0.385. The number of hydrogen-bond donors (Lipinski definition) is 0. The second kappa shape index (κ2) is 4.75. The number of carbonyl (C=O) groups excluding carboxylic acids is 1. The van der Waals surface area contributed by atoms with E-state index < -0.39 is 17.0 Å². The Hall–Kier alpha value is -1.93. The molecule has 18 heavy (non-hydrogen) atoms. The van der Waals surface area contributed by atoms with E-state index in [0.29, 0.717) is 6.61 Å². The smallest absolute Gasteiger partial charge is 0.187 e. The molecular formula is C13H12FNO3. The van der Waals surface area contributed by atoms with Gasteiger partial charge in [0.15, 0.2) is 22.8 Å². The molecule has 4 nitrogen and oxygen atoms in total. The predicted octanol–water partition coefficient (Wildman–Crippen LogP) is 1.95. The number of ketones is 1. The van der Waals surface area contributed by atoms with Crippen LogP contribution in [0.4, 0.5) is 4.39 Å². The summed E-state index contributed by atoms with van der Waals surface area (Å²) in [4.78, 5) is 12.1. The van der Waals surface area contributed by atoms with Crippen molar-refractivity contribution in [3.63, 3.8) is 0 Å². The number of ether oxygens (including phenoxy) is 2. The predicted molar refractivity (Wildman–Crippen MR) is 60.8 cm³/mol.